The Morgan fingerprint density at radius 2 is 1.69 bits per heavy atom. The van der Waals surface area contributed by atoms with Crippen LogP contribution in [0.4, 0.5) is 5.69 Å². The summed E-state index contributed by atoms with van der Waals surface area (Å²) in [5, 5.41) is 11.7. The lowest BCUT2D eigenvalue weighted by Crippen LogP contribution is -2.30. The summed E-state index contributed by atoms with van der Waals surface area (Å²) in [6.07, 6.45) is -0.992. The molecule has 138 valence electrons. The normalized spacial score (nSPS) is 11.4. The predicted octanol–water partition coefficient (Wildman–Crippen LogP) is 2.38. The molecule has 0 aromatic heterocycles. The molecular formula is C19H21NO6. The molecule has 0 saturated carbocycles. The molecule has 1 amide bonds. The number of carbonyl (C=O) groups excluding carboxylic acids is 2. The zero-order chi connectivity index (χ0) is 19.1. The molecular weight excluding hydrogens is 338 g/mol. The fourth-order valence-electron chi connectivity index (χ4n) is 2.19. The largest absolute Gasteiger partial charge is 0.493 e. The standard InChI is InChI=1S/C19H21NO6/c1-12(26-19(23)14-6-4-13(11-21)5-7-14)18(22)20-15-8-9-16(24-2)17(10-15)25-3/h4-10,12,21H,11H2,1-3H3,(H,20,22)/t12-/m0/s1. The number of anilines is 1. The van der Waals surface area contributed by atoms with Crippen LogP contribution in [-0.2, 0) is 16.1 Å². The molecule has 2 rings (SSSR count). The van der Waals surface area contributed by atoms with Gasteiger partial charge in [-0.25, -0.2) is 4.79 Å². The molecule has 0 aliphatic heterocycles. The Morgan fingerprint density at radius 1 is 1.04 bits per heavy atom. The second-order valence-electron chi connectivity index (χ2n) is 5.46. The molecule has 0 aliphatic rings. The summed E-state index contributed by atoms with van der Waals surface area (Å²) < 4.78 is 15.5. The molecule has 2 N–H and O–H groups in total. The van der Waals surface area contributed by atoms with Crippen molar-refractivity contribution in [3.8, 4) is 11.5 Å². The molecule has 0 unspecified atom stereocenters. The molecule has 26 heavy (non-hydrogen) atoms. The van der Waals surface area contributed by atoms with Gasteiger partial charge >= 0.3 is 5.97 Å². The third-order valence-corrected chi connectivity index (χ3v) is 3.68. The van der Waals surface area contributed by atoms with E-state index in [4.69, 9.17) is 19.3 Å². The number of nitrogens with one attached hydrogen (secondary N) is 1. The van der Waals surface area contributed by atoms with Gasteiger partial charge in [-0.05, 0) is 36.8 Å². The quantitative estimate of drug-likeness (QED) is 0.737. The molecule has 0 spiro atoms. The summed E-state index contributed by atoms with van der Waals surface area (Å²) in [6.45, 7) is 1.37. The van der Waals surface area contributed by atoms with E-state index in [1.54, 1.807) is 30.3 Å². The van der Waals surface area contributed by atoms with Crippen LogP contribution in [-0.4, -0.2) is 37.3 Å². The summed E-state index contributed by atoms with van der Waals surface area (Å²) in [6, 6.07) is 11.2. The highest BCUT2D eigenvalue weighted by atomic mass is 16.5. The molecule has 2 aromatic rings. The zero-order valence-corrected chi connectivity index (χ0v) is 14.8. The van der Waals surface area contributed by atoms with E-state index >= 15 is 0 Å². The first-order chi connectivity index (χ1) is 12.5. The number of aliphatic hydroxyl groups is 1. The van der Waals surface area contributed by atoms with E-state index in [2.05, 4.69) is 5.32 Å². The highest BCUT2D eigenvalue weighted by molar-refractivity contribution is 5.97. The van der Waals surface area contributed by atoms with Gasteiger partial charge in [-0.2, -0.15) is 0 Å². The minimum Gasteiger partial charge on any atom is -0.493 e. The third kappa shape index (κ3) is 4.73. The molecule has 0 radical (unpaired) electrons. The number of amides is 1. The number of rotatable bonds is 7. The van der Waals surface area contributed by atoms with Gasteiger partial charge in [-0.15, -0.1) is 0 Å². The van der Waals surface area contributed by atoms with Gasteiger partial charge in [0, 0.05) is 11.8 Å². The van der Waals surface area contributed by atoms with Gasteiger partial charge in [0.2, 0.25) is 0 Å². The fourth-order valence-corrected chi connectivity index (χ4v) is 2.19. The third-order valence-electron chi connectivity index (χ3n) is 3.68. The maximum absolute atomic E-state index is 12.2. The van der Waals surface area contributed by atoms with Crippen LogP contribution in [0.25, 0.3) is 0 Å². The second kappa shape index (κ2) is 8.87. The summed E-state index contributed by atoms with van der Waals surface area (Å²) in [5.41, 5.74) is 1.47. The molecule has 7 nitrogen and oxygen atoms in total. The van der Waals surface area contributed by atoms with Crippen molar-refractivity contribution in [1.82, 2.24) is 0 Å². The number of hydrogen-bond acceptors (Lipinski definition) is 6. The molecule has 0 heterocycles. The Bertz CT molecular complexity index is 772. The topological polar surface area (TPSA) is 94.1 Å². The van der Waals surface area contributed by atoms with Crippen molar-refractivity contribution >= 4 is 17.6 Å². The number of benzene rings is 2. The molecule has 0 aliphatic carbocycles. The number of esters is 1. The van der Waals surface area contributed by atoms with Crippen molar-refractivity contribution < 1.29 is 28.9 Å². The van der Waals surface area contributed by atoms with Crippen LogP contribution in [0.1, 0.15) is 22.8 Å². The monoisotopic (exact) mass is 359 g/mol. The van der Waals surface area contributed by atoms with E-state index in [9.17, 15) is 9.59 Å². The van der Waals surface area contributed by atoms with Gasteiger partial charge in [0.1, 0.15) is 0 Å². The first-order valence-corrected chi connectivity index (χ1v) is 7.92. The molecule has 2 aromatic carbocycles. The smallest absolute Gasteiger partial charge is 0.338 e. The molecule has 1 atom stereocenters. The number of methoxy groups -OCH3 is 2. The Balaban J connectivity index is 1.99. The van der Waals surface area contributed by atoms with Crippen molar-refractivity contribution in [3.63, 3.8) is 0 Å². The maximum atomic E-state index is 12.2. The molecule has 7 heteroatoms. The lowest BCUT2D eigenvalue weighted by atomic mass is 10.1. The first kappa shape index (κ1) is 19.3. The van der Waals surface area contributed by atoms with Crippen molar-refractivity contribution in [2.75, 3.05) is 19.5 Å². The van der Waals surface area contributed by atoms with Crippen LogP contribution in [0.5, 0.6) is 11.5 Å². The average Bonchev–Trinajstić information content (AvgIpc) is 2.67. The van der Waals surface area contributed by atoms with Crippen LogP contribution < -0.4 is 14.8 Å². The summed E-state index contributed by atoms with van der Waals surface area (Å²) in [4.78, 5) is 24.3. The van der Waals surface area contributed by atoms with E-state index in [-0.39, 0.29) is 6.61 Å². The predicted molar refractivity (Wildman–Crippen MR) is 95.4 cm³/mol. The number of aliphatic hydroxyl groups excluding tert-OH is 1. The fraction of sp³-hybridized carbons (Fsp3) is 0.263. The Hall–Kier alpha value is -3.06. The zero-order valence-electron chi connectivity index (χ0n) is 14.8. The molecule has 0 bridgehead atoms. The molecule has 0 saturated heterocycles. The van der Waals surface area contributed by atoms with Crippen molar-refractivity contribution in [2.24, 2.45) is 0 Å². The minimum absolute atomic E-state index is 0.112. The van der Waals surface area contributed by atoms with Crippen LogP contribution in [0.3, 0.4) is 0 Å². The Kier molecular flexibility index (Phi) is 6.57. The first-order valence-electron chi connectivity index (χ1n) is 7.92. The van der Waals surface area contributed by atoms with E-state index < -0.39 is 18.0 Å². The van der Waals surface area contributed by atoms with Crippen molar-refractivity contribution in [2.45, 2.75) is 19.6 Å². The highest BCUT2D eigenvalue weighted by Gasteiger charge is 2.19. The van der Waals surface area contributed by atoms with Gasteiger partial charge in [0.15, 0.2) is 17.6 Å². The van der Waals surface area contributed by atoms with Gasteiger partial charge < -0.3 is 24.6 Å². The van der Waals surface area contributed by atoms with Gasteiger partial charge in [0.05, 0.1) is 26.4 Å². The molecule has 0 fully saturated rings. The number of hydrogen-bond donors (Lipinski definition) is 2. The maximum Gasteiger partial charge on any atom is 0.338 e. The van der Waals surface area contributed by atoms with Gasteiger partial charge in [0.25, 0.3) is 5.91 Å². The lowest BCUT2D eigenvalue weighted by Gasteiger charge is -2.15. The summed E-state index contributed by atoms with van der Waals surface area (Å²) in [7, 11) is 3.01. The number of carbonyl (C=O) groups is 2. The van der Waals surface area contributed by atoms with Crippen LogP contribution in [0, 0.1) is 0 Å². The van der Waals surface area contributed by atoms with Crippen LogP contribution in [0.2, 0.25) is 0 Å². The van der Waals surface area contributed by atoms with E-state index in [0.29, 0.717) is 28.3 Å². The van der Waals surface area contributed by atoms with E-state index in [1.807, 2.05) is 0 Å². The second-order valence-corrected chi connectivity index (χ2v) is 5.46. The van der Waals surface area contributed by atoms with Crippen molar-refractivity contribution in [1.29, 1.82) is 0 Å². The number of ether oxygens (including phenoxy) is 3. The summed E-state index contributed by atoms with van der Waals surface area (Å²) in [5.74, 6) is -0.0859. The van der Waals surface area contributed by atoms with E-state index in [1.165, 1.54) is 33.3 Å². The van der Waals surface area contributed by atoms with Crippen molar-refractivity contribution in [3.05, 3.63) is 53.6 Å². The Labute approximate surface area is 151 Å². The van der Waals surface area contributed by atoms with E-state index in [0.717, 1.165) is 0 Å². The highest BCUT2D eigenvalue weighted by Crippen LogP contribution is 2.29. The van der Waals surface area contributed by atoms with Crippen LogP contribution in [0.15, 0.2) is 42.5 Å². The lowest BCUT2D eigenvalue weighted by molar-refractivity contribution is -0.123. The summed E-state index contributed by atoms with van der Waals surface area (Å²) >= 11 is 0. The van der Waals surface area contributed by atoms with Crippen LogP contribution >= 0.6 is 0 Å². The minimum atomic E-state index is -0.992. The average molecular weight is 359 g/mol. The SMILES string of the molecule is COc1ccc(NC(=O)[C@H](C)OC(=O)c2ccc(CO)cc2)cc1OC. The van der Waals surface area contributed by atoms with Gasteiger partial charge in [-0.3, -0.25) is 4.79 Å². The Morgan fingerprint density at radius 3 is 2.27 bits per heavy atom. The van der Waals surface area contributed by atoms with Gasteiger partial charge in [-0.1, -0.05) is 12.1 Å².